The van der Waals surface area contributed by atoms with Crippen molar-refractivity contribution >= 4 is 46.6 Å². The number of hydrogen-bond donors (Lipinski definition) is 2. The van der Waals surface area contributed by atoms with Gasteiger partial charge < -0.3 is 24.7 Å². The Morgan fingerprint density at radius 2 is 1.74 bits per heavy atom. The Hall–Kier alpha value is -3.24. The highest BCUT2D eigenvalue weighted by molar-refractivity contribution is 7.99. The molecule has 2 aromatic carbocycles. The van der Waals surface area contributed by atoms with Crippen LogP contribution in [0, 0.1) is 0 Å². The molecule has 0 saturated carbocycles. The van der Waals surface area contributed by atoms with E-state index in [2.05, 4.69) is 20.8 Å². The quantitative estimate of drug-likeness (QED) is 0.522. The Kier molecular flexibility index (Phi) is 6.28. The topological polar surface area (TPSA) is 107 Å². The van der Waals surface area contributed by atoms with Gasteiger partial charge in [-0.1, -0.05) is 23.4 Å². The van der Waals surface area contributed by atoms with E-state index in [1.54, 1.807) is 54.1 Å². The van der Waals surface area contributed by atoms with Crippen LogP contribution in [0.4, 0.5) is 11.4 Å². The maximum absolute atomic E-state index is 12.3. The van der Waals surface area contributed by atoms with E-state index in [1.807, 2.05) is 0 Å². The molecule has 0 bridgehead atoms. The predicted molar refractivity (Wildman–Crippen MR) is 117 cm³/mol. The third kappa shape index (κ3) is 5.28. The molecule has 1 aliphatic heterocycles. The Balaban J connectivity index is 1.29. The average molecular weight is 460 g/mol. The molecule has 2 N–H and O–H groups in total. The number of nitrogens with zero attached hydrogens (tertiary/aromatic N) is 3. The minimum absolute atomic E-state index is 0.0517. The molecule has 3 aromatic rings. The fourth-order valence-electron chi connectivity index (χ4n) is 2.81. The number of halogens is 1. The molecule has 9 nitrogen and oxygen atoms in total. The molecule has 0 aliphatic carbocycles. The summed E-state index contributed by atoms with van der Waals surface area (Å²) in [4.78, 5) is 24.5. The van der Waals surface area contributed by atoms with Gasteiger partial charge in [-0.15, -0.1) is 10.2 Å². The van der Waals surface area contributed by atoms with Crippen LogP contribution in [0.15, 0.2) is 47.6 Å². The standard InChI is InChI=1S/C20H18ClN5O4S/c1-26-17(9-18(27)22-13-4-2-12(21)3-5-13)24-25-20(26)31-10-19(28)23-14-6-7-15-16(8-14)30-11-29-15/h2-8H,9-11H2,1H3,(H,22,27)(H,23,28). The second kappa shape index (κ2) is 9.27. The van der Waals surface area contributed by atoms with Crippen LogP contribution in [0.3, 0.4) is 0 Å². The van der Waals surface area contributed by atoms with E-state index < -0.39 is 0 Å². The molecule has 2 heterocycles. The third-order valence-corrected chi connectivity index (χ3v) is 5.63. The number of carbonyl (C=O) groups is 2. The van der Waals surface area contributed by atoms with Crippen molar-refractivity contribution in [3.05, 3.63) is 53.3 Å². The van der Waals surface area contributed by atoms with Gasteiger partial charge in [-0.3, -0.25) is 9.59 Å². The first-order valence-electron chi connectivity index (χ1n) is 9.24. The number of benzene rings is 2. The van der Waals surface area contributed by atoms with E-state index in [0.29, 0.717) is 38.9 Å². The van der Waals surface area contributed by atoms with Gasteiger partial charge in [-0.2, -0.15) is 0 Å². The van der Waals surface area contributed by atoms with Gasteiger partial charge in [0.05, 0.1) is 12.2 Å². The van der Waals surface area contributed by atoms with Crippen molar-refractivity contribution in [3.8, 4) is 11.5 Å². The summed E-state index contributed by atoms with van der Waals surface area (Å²) in [7, 11) is 1.75. The lowest BCUT2D eigenvalue weighted by Gasteiger charge is -2.07. The first kappa shape index (κ1) is 21.0. The number of ether oxygens (including phenoxy) is 2. The summed E-state index contributed by atoms with van der Waals surface area (Å²) in [6.45, 7) is 0.175. The summed E-state index contributed by atoms with van der Waals surface area (Å²) in [6, 6.07) is 12.0. The fourth-order valence-corrected chi connectivity index (χ4v) is 3.66. The van der Waals surface area contributed by atoms with Gasteiger partial charge in [0.15, 0.2) is 16.7 Å². The highest BCUT2D eigenvalue weighted by Gasteiger charge is 2.16. The van der Waals surface area contributed by atoms with E-state index in [4.69, 9.17) is 21.1 Å². The van der Waals surface area contributed by atoms with Crippen molar-refractivity contribution in [1.82, 2.24) is 14.8 Å². The maximum Gasteiger partial charge on any atom is 0.234 e. The second-order valence-electron chi connectivity index (χ2n) is 6.59. The van der Waals surface area contributed by atoms with E-state index in [1.165, 1.54) is 11.8 Å². The number of rotatable bonds is 7. The Morgan fingerprint density at radius 1 is 1.03 bits per heavy atom. The molecule has 31 heavy (non-hydrogen) atoms. The molecule has 2 amide bonds. The van der Waals surface area contributed by atoms with Crippen molar-refractivity contribution < 1.29 is 19.1 Å². The molecular weight excluding hydrogens is 442 g/mol. The summed E-state index contributed by atoms with van der Waals surface area (Å²) in [5.74, 6) is 1.45. The van der Waals surface area contributed by atoms with E-state index in [0.717, 1.165) is 0 Å². The molecule has 0 radical (unpaired) electrons. The van der Waals surface area contributed by atoms with Crippen LogP contribution < -0.4 is 20.1 Å². The third-order valence-electron chi connectivity index (χ3n) is 4.36. The number of fused-ring (bicyclic) bond motifs is 1. The number of thioether (sulfide) groups is 1. The zero-order valence-corrected chi connectivity index (χ0v) is 18.0. The van der Waals surface area contributed by atoms with Crippen molar-refractivity contribution in [3.63, 3.8) is 0 Å². The van der Waals surface area contributed by atoms with Crippen LogP contribution in [0.2, 0.25) is 5.02 Å². The monoisotopic (exact) mass is 459 g/mol. The molecule has 11 heteroatoms. The maximum atomic E-state index is 12.3. The van der Waals surface area contributed by atoms with Gasteiger partial charge in [-0.25, -0.2) is 0 Å². The molecule has 0 unspecified atom stereocenters. The normalized spacial score (nSPS) is 11.9. The van der Waals surface area contributed by atoms with E-state index >= 15 is 0 Å². The van der Waals surface area contributed by atoms with Gasteiger partial charge in [0.25, 0.3) is 0 Å². The van der Waals surface area contributed by atoms with Gasteiger partial charge in [-0.05, 0) is 36.4 Å². The first-order chi connectivity index (χ1) is 15.0. The number of nitrogens with one attached hydrogen (secondary N) is 2. The molecule has 4 rings (SSSR count). The SMILES string of the molecule is Cn1c(CC(=O)Nc2ccc(Cl)cc2)nnc1SCC(=O)Nc1ccc2c(c1)OCO2. The van der Waals surface area contributed by atoms with E-state index in [-0.39, 0.29) is 30.8 Å². The molecular formula is C20H18ClN5O4S. The lowest BCUT2D eigenvalue weighted by Crippen LogP contribution is -2.17. The van der Waals surface area contributed by atoms with Crippen molar-refractivity contribution in [1.29, 1.82) is 0 Å². The molecule has 0 atom stereocenters. The van der Waals surface area contributed by atoms with Crippen molar-refractivity contribution in [2.24, 2.45) is 7.05 Å². The highest BCUT2D eigenvalue weighted by atomic mass is 35.5. The van der Waals surface area contributed by atoms with Crippen LogP contribution >= 0.6 is 23.4 Å². The second-order valence-corrected chi connectivity index (χ2v) is 7.97. The smallest absolute Gasteiger partial charge is 0.234 e. The molecule has 1 aromatic heterocycles. The largest absolute Gasteiger partial charge is 0.454 e. The summed E-state index contributed by atoms with van der Waals surface area (Å²) in [5.41, 5.74) is 1.26. The van der Waals surface area contributed by atoms with Gasteiger partial charge in [0.2, 0.25) is 18.6 Å². The average Bonchev–Trinajstić information content (AvgIpc) is 3.35. The minimum atomic E-state index is -0.227. The van der Waals surface area contributed by atoms with Gasteiger partial charge in [0.1, 0.15) is 5.82 Å². The Bertz CT molecular complexity index is 1120. The van der Waals surface area contributed by atoms with Crippen LogP contribution in [-0.4, -0.2) is 39.1 Å². The number of aromatic nitrogens is 3. The summed E-state index contributed by atoms with van der Waals surface area (Å²) < 4.78 is 12.3. The van der Waals surface area contributed by atoms with Crippen molar-refractivity contribution in [2.75, 3.05) is 23.2 Å². The zero-order valence-electron chi connectivity index (χ0n) is 16.4. The molecule has 0 spiro atoms. The van der Waals surface area contributed by atoms with Crippen molar-refractivity contribution in [2.45, 2.75) is 11.6 Å². The van der Waals surface area contributed by atoms with Crippen LogP contribution in [0.5, 0.6) is 11.5 Å². The summed E-state index contributed by atoms with van der Waals surface area (Å²) in [6.07, 6.45) is 0.0517. The highest BCUT2D eigenvalue weighted by Crippen LogP contribution is 2.34. The zero-order chi connectivity index (χ0) is 21.8. The minimum Gasteiger partial charge on any atom is -0.454 e. The predicted octanol–water partition coefficient (Wildman–Crippen LogP) is 3.11. The number of hydrogen-bond acceptors (Lipinski definition) is 7. The lowest BCUT2D eigenvalue weighted by molar-refractivity contribution is -0.116. The molecule has 0 fully saturated rings. The Morgan fingerprint density at radius 3 is 2.55 bits per heavy atom. The first-order valence-corrected chi connectivity index (χ1v) is 10.6. The molecule has 1 aliphatic rings. The van der Waals surface area contributed by atoms with Crippen LogP contribution in [-0.2, 0) is 23.1 Å². The summed E-state index contributed by atoms with van der Waals surface area (Å²) >= 11 is 7.07. The van der Waals surface area contributed by atoms with Crippen LogP contribution in [0.25, 0.3) is 0 Å². The fraction of sp³-hybridized carbons (Fsp3) is 0.200. The lowest BCUT2D eigenvalue weighted by atomic mass is 10.3. The molecule has 160 valence electrons. The number of anilines is 2. The number of carbonyl (C=O) groups excluding carboxylic acids is 2. The van der Waals surface area contributed by atoms with E-state index in [9.17, 15) is 9.59 Å². The Labute approximate surface area is 187 Å². The summed E-state index contributed by atoms with van der Waals surface area (Å²) in [5, 5.41) is 14.9. The van der Waals surface area contributed by atoms with Gasteiger partial charge >= 0.3 is 0 Å². The van der Waals surface area contributed by atoms with Crippen LogP contribution in [0.1, 0.15) is 5.82 Å². The number of amides is 2. The van der Waals surface area contributed by atoms with Gasteiger partial charge in [0, 0.05) is 29.5 Å². The molecule has 0 saturated heterocycles.